The molecule has 2 amide bonds. The highest BCUT2D eigenvalue weighted by molar-refractivity contribution is 6.35. The molecule has 0 spiro atoms. The van der Waals surface area contributed by atoms with Crippen molar-refractivity contribution in [3.8, 4) is 11.5 Å². The van der Waals surface area contributed by atoms with Gasteiger partial charge in [0.05, 0.1) is 33.0 Å². The Balaban J connectivity index is 2.55. The average molecular weight is 437 g/mol. The van der Waals surface area contributed by atoms with Gasteiger partial charge in [-0.2, -0.15) is 0 Å². The van der Waals surface area contributed by atoms with Crippen molar-refractivity contribution in [2.45, 2.75) is 6.42 Å². The fraction of sp³-hybridized carbons (Fsp3) is 0.545. The highest BCUT2D eigenvalue weighted by Gasteiger charge is 2.41. The molecule has 0 unspecified atom stereocenters. The molecule has 1 aliphatic heterocycles. The molecule has 0 aromatic heterocycles. The van der Waals surface area contributed by atoms with Crippen LogP contribution in [0.4, 0.5) is 0 Å². The van der Waals surface area contributed by atoms with Crippen LogP contribution in [0.25, 0.3) is 5.57 Å². The third kappa shape index (κ3) is 5.75. The van der Waals surface area contributed by atoms with Crippen molar-refractivity contribution in [1.82, 2.24) is 9.80 Å². The van der Waals surface area contributed by atoms with Crippen LogP contribution in [0, 0.1) is 0 Å². The van der Waals surface area contributed by atoms with Gasteiger partial charge in [-0.05, 0) is 24.1 Å². The number of carbonyl (C=O) groups is 2. The minimum atomic E-state index is -0.344. The molecule has 0 bridgehead atoms. The van der Waals surface area contributed by atoms with Gasteiger partial charge in [-0.1, -0.05) is 6.07 Å². The summed E-state index contributed by atoms with van der Waals surface area (Å²) in [6.45, 7) is 2.41. The number of nitrogens with zero attached hydrogens (tertiary/aromatic N) is 2. The number of benzene rings is 1. The standard InChI is InChI=1S/C22H32N2O7/c1-27-12-6-9-24-21(25)19(16-7-8-17(30-4)18(15-16)31-5)20(22(24)26)23(10-13-28-2)11-14-29-3/h7-8,15H,6,9-14H2,1-5H3. The van der Waals surface area contributed by atoms with Gasteiger partial charge in [-0.25, -0.2) is 0 Å². The van der Waals surface area contributed by atoms with Crippen molar-refractivity contribution in [2.75, 3.05) is 75.0 Å². The Kier molecular flexibility index (Phi) is 9.77. The lowest BCUT2D eigenvalue weighted by atomic mass is 10.0. The van der Waals surface area contributed by atoms with Gasteiger partial charge in [-0.15, -0.1) is 0 Å². The molecule has 9 nitrogen and oxygen atoms in total. The normalized spacial score (nSPS) is 13.9. The van der Waals surface area contributed by atoms with Crippen molar-refractivity contribution in [2.24, 2.45) is 0 Å². The summed E-state index contributed by atoms with van der Waals surface area (Å²) in [5.41, 5.74) is 1.25. The molecule has 9 heteroatoms. The van der Waals surface area contributed by atoms with Crippen molar-refractivity contribution < 1.29 is 33.3 Å². The molecule has 0 atom stereocenters. The highest BCUT2D eigenvalue weighted by Crippen LogP contribution is 2.36. The lowest BCUT2D eigenvalue weighted by Gasteiger charge is -2.25. The van der Waals surface area contributed by atoms with Gasteiger partial charge in [0.2, 0.25) is 0 Å². The minimum Gasteiger partial charge on any atom is -0.493 e. The third-order valence-electron chi connectivity index (χ3n) is 4.99. The second-order valence-electron chi connectivity index (χ2n) is 6.87. The SMILES string of the molecule is COCCCN1C(=O)C(c2ccc(OC)c(OC)c2)=C(N(CCOC)CCOC)C1=O. The number of ether oxygens (including phenoxy) is 5. The summed E-state index contributed by atoms with van der Waals surface area (Å²) in [6, 6.07) is 5.19. The van der Waals surface area contributed by atoms with Crippen molar-refractivity contribution in [3.05, 3.63) is 29.5 Å². The zero-order valence-corrected chi connectivity index (χ0v) is 18.9. The first-order chi connectivity index (χ1) is 15.0. The molecule has 0 fully saturated rings. The maximum atomic E-state index is 13.4. The van der Waals surface area contributed by atoms with E-state index in [-0.39, 0.29) is 18.4 Å². The predicted octanol–water partition coefficient (Wildman–Crippen LogP) is 1.42. The van der Waals surface area contributed by atoms with E-state index in [1.807, 2.05) is 4.90 Å². The monoisotopic (exact) mass is 436 g/mol. The maximum absolute atomic E-state index is 13.4. The van der Waals surface area contributed by atoms with E-state index in [0.29, 0.717) is 67.7 Å². The first-order valence-electron chi connectivity index (χ1n) is 10.1. The molecule has 1 aromatic carbocycles. The van der Waals surface area contributed by atoms with Crippen LogP contribution in [-0.4, -0.2) is 96.6 Å². The largest absolute Gasteiger partial charge is 0.493 e. The Labute approximate surface area is 183 Å². The first-order valence-corrected chi connectivity index (χ1v) is 10.1. The molecule has 0 saturated heterocycles. The summed E-state index contributed by atoms with van der Waals surface area (Å²) in [5, 5.41) is 0. The molecule has 2 rings (SSSR count). The topological polar surface area (TPSA) is 86.8 Å². The lowest BCUT2D eigenvalue weighted by molar-refractivity contribution is -0.137. The molecule has 1 heterocycles. The zero-order chi connectivity index (χ0) is 22.8. The average Bonchev–Trinajstić information content (AvgIpc) is 3.03. The number of imide groups is 1. The highest BCUT2D eigenvalue weighted by atomic mass is 16.5. The van der Waals surface area contributed by atoms with E-state index in [4.69, 9.17) is 23.7 Å². The van der Waals surface area contributed by atoms with Gasteiger partial charge in [0.1, 0.15) is 5.70 Å². The number of hydrogen-bond donors (Lipinski definition) is 0. The molecule has 0 radical (unpaired) electrons. The van der Waals surface area contributed by atoms with Crippen LogP contribution in [0.5, 0.6) is 11.5 Å². The van der Waals surface area contributed by atoms with Crippen LogP contribution in [0.15, 0.2) is 23.9 Å². The maximum Gasteiger partial charge on any atom is 0.277 e. The van der Waals surface area contributed by atoms with Gasteiger partial charge in [0.25, 0.3) is 11.8 Å². The Hall–Kier alpha value is -2.62. The molecule has 31 heavy (non-hydrogen) atoms. The number of rotatable bonds is 14. The summed E-state index contributed by atoms with van der Waals surface area (Å²) in [4.78, 5) is 29.9. The molecular weight excluding hydrogens is 404 g/mol. The summed E-state index contributed by atoms with van der Waals surface area (Å²) in [6.07, 6.45) is 0.552. The number of hydrogen-bond acceptors (Lipinski definition) is 8. The van der Waals surface area contributed by atoms with Crippen LogP contribution in [0.1, 0.15) is 12.0 Å². The molecule has 0 aliphatic carbocycles. The van der Waals surface area contributed by atoms with Gasteiger partial charge in [0, 0.05) is 47.6 Å². The van der Waals surface area contributed by atoms with Crippen LogP contribution >= 0.6 is 0 Å². The lowest BCUT2D eigenvalue weighted by Crippen LogP contribution is -2.38. The van der Waals surface area contributed by atoms with E-state index in [1.165, 1.54) is 12.0 Å². The van der Waals surface area contributed by atoms with E-state index in [1.54, 1.807) is 46.6 Å². The van der Waals surface area contributed by atoms with Gasteiger partial charge in [-0.3, -0.25) is 14.5 Å². The van der Waals surface area contributed by atoms with Crippen molar-refractivity contribution in [3.63, 3.8) is 0 Å². The fourth-order valence-corrected chi connectivity index (χ4v) is 3.42. The van der Waals surface area contributed by atoms with Gasteiger partial charge in [0.15, 0.2) is 11.5 Å². The van der Waals surface area contributed by atoms with Crippen LogP contribution in [0.2, 0.25) is 0 Å². The van der Waals surface area contributed by atoms with Gasteiger partial charge >= 0.3 is 0 Å². The minimum absolute atomic E-state index is 0.272. The smallest absolute Gasteiger partial charge is 0.277 e. The number of amides is 2. The summed E-state index contributed by atoms with van der Waals surface area (Å²) < 4.78 is 26.2. The molecule has 172 valence electrons. The first kappa shape index (κ1) is 24.6. The Morgan fingerprint density at radius 2 is 1.42 bits per heavy atom. The Morgan fingerprint density at radius 3 is 1.97 bits per heavy atom. The van der Waals surface area contributed by atoms with E-state index in [9.17, 15) is 9.59 Å². The van der Waals surface area contributed by atoms with E-state index in [0.717, 1.165) is 0 Å². The quantitative estimate of drug-likeness (QED) is 0.320. The zero-order valence-electron chi connectivity index (χ0n) is 18.9. The Morgan fingerprint density at radius 1 is 0.806 bits per heavy atom. The second-order valence-corrected chi connectivity index (χ2v) is 6.87. The molecule has 0 saturated carbocycles. The summed E-state index contributed by atoms with van der Waals surface area (Å²) in [7, 11) is 7.84. The summed E-state index contributed by atoms with van der Waals surface area (Å²) in [5.74, 6) is 0.337. The fourth-order valence-electron chi connectivity index (χ4n) is 3.42. The van der Waals surface area contributed by atoms with E-state index >= 15 is 0 Å². The number of methoxy groups -OCH3 is 5. The van der Waals surface area contributed by atoms with Crippen molar-refractivity contribution in [1.29, 1.82) is 0 Å². The number of carbonyl (C=O) groups excluding carboxylic acids is 2. The molecule has 1 aromatic rings. The van der Waals surface area contributed by atoms with E-state index in [2.05, 4.69) is 0 Å². The molecular formula is C22H32N2O7. The van der Waals surface area contributed by atoms with E-state index < -0.39 is 0 Å². The molecule has 1 aliphatic rings. The third-order valence-corrected chi connectivity index (χ3v) is 4.99. The predicted molar refractivity (Wildman–Crippen MR) is 115 cm³/mol. The van der Waals surface area contributed by atoms with Gasteiger partial charge < -0.3 is 28.6 Å². The second kappa shape index (κ2) is 12.3. The van der Waals surface area contributed by atoms with Crippen LogP contribution < -0.4 is 9.47 Å². The van der Waals surface area contributed by atoms with Crippen molar-refractivity contribution >= 4 is 17.4 Å². The van der Waals surface area contributed by atoms with Crippen LogP contribution in [-0.2, 0) is 23.8 Å². The Bertz CT molecular complexity index is 786. The summed E-state index contributed by atoms with van der Waals surface area (Å²) >= 11 is 0. The molecule has 0 N–H and O–H groups in total. The van der Waals surface area contributed by atoms with Crippen LogP contribution in [0.3, 0.4) is 0 Å².